The lowest BCUT2D eigenvalue weighted by Gasteiger charge is -2.14. The highest BCUT2D eigenvalue weighted by Gasteiger charge is 2.24. The molecule has 0 aliphatic heterocycles. The lowest BCUT2D eigenvalue weighted by atomic mass is 9.90. The third kappa shape index (κ3) is 1.98. The van der Waals surface area contributed by atoms with Crippen LogP contribution < -0.4 is 4.57 Å². The summed E-state index contributed by atoms with van der Waals surface area (Å²) in [5.41, 5.74) is 5.13. The van der Waals surface area contributed by atoms with E-state index in [2.05, 4.69) is 88.7 Å². The molecule has 0 amide bonds. The molecular weight excluding hydrogens is 362 g/mol. The van der Waals surface area contributed by atoms with E-state index in [0.717, 1.165) is 0 Å². The van der Waals surface area contributed by atoms with Gasteiger partial charge in [-0.05, 0) is 34.0 Å². The maximum atomic E-state index is 4.31. The van der Waals surface area contributed by atoms with Gasteiger partial charge in [0.15, 0.2) is 6.20 Å². The number of fused-ring (bicyclic) bond motifs is 6. The number of hydrogen-bond donors (Lipinski definition) is 0. The van der Waals surface area contributed by atoms with Gasteiger partial charge in [0.25, 0.3) is 0 Å². The van der Waals surface area contributed by atoms with Crippen LogP contribution in [0, 0.1) is 6.92 Å². The van der Waals surface area contributed by atoms with Crippen LogP contribution in [-0.2, 0) is 7.05 Å². The number of pyridine rings is 1. The summed E-state index contributed by atoms with van der Waals surface area (Å²) in [5.74, 6) is 0. The van der Waals surface area contributed by atoms with E-state index in [1.807, 2.05) is 12.5 Å². The Morgan fingerprint density at radius 2 is 1.57 bits per heavy atom. The van der Waals surface area contributed by atoms with Crippen LogP contribution in [0.4, 0.5) is 0 Å². The molecule has 3 aromatic heterocycles. The average molecular weight is 380 g/mol. The average Bonchev–Trinajstić information content (AvgIpc) is 3.31. The zero-order valence-electron chi connectivity index (χ0n) is 15.7. The topological polar surface area (TPSA) is 21.2 Å². The first kappa shape index (κ1) is 15.8. The quantitative estimate of drug-likeness (QED) is 0.266. The van der Waals surface area contributed by atoms with E-state index in [9.17, 15) is 0 Å². The maximum Gasteiger partial charge on any atom is 0.232 e. The van der Waals surface area contributed by atoms with E-state index < -0.39 is 0 Å². The number of aryl methyl sites for hydroxylation is 2. The van der Waals surface area contributed by atoms with Gasteiger partial charge < -0.3 is 0 Å². The van der Waals surface area contributed by atoms with Crippen LogP contribution in [-0.4, -0.2) is 9.38 Å². The van der Waals surface area contributed by atoms with Gasteiger partial charge in [0.05, 0.1) is 17.3 Å². The molecule has 0 saturated heterocycles. The summed E-state index contributed by atoms with van der Waals surface area (Å²) in [4.78, 5) is 5.48. The molecule has 0 N–H and O–H groups in total. The van der Waals surface area contributed by atoms with Crippen LogP contribution in [0.2, 0.25) is 0 Å². The predicted octanol–water partition coefficient (Wildman–Crippen LogP) is 5.66. The molecule has 0 spiro atoms. The van der Waals surface area contributed by atoms with Crippen molar-refractivity contribution in [1.29, 1.82) is 0 Å². The van der Waals surface area contributed by atoms with Crippen LogP contribution in [0.25, 0.3) is 47.8 Å². The molecule has 28 heavy (non-hydrogen) atoms. The normalized spacial score (nSPS) is 11.9. The van der Waals surface area contributed by atoms with Gasteiger partial charge in [-0.25, -0.2) is 4.98 Å². The highest BCUT2D eigenvalue weighted by Crippen LogP contribution is 2.41. The lowest BCUT2D eigenvalue weighted by Crippen LogP contribution is -2.30. The zero-order valence-corrected chi connectivity index (χ0v) is 16.5. The molecule has 6 aromatic rings. The Kier molecular flexibility index (Phi) is 3.17. The number of aromatic nitrogens is 3. The first-order chi connectivity index (χ1) is 13.7. The van der Waals surface area contributed by atoms with Gasteiger partial charge in [-0.15, -0.1) is 11.3 Å². The Morgan fingerprint density at radius 1 is 0.893 bits per heavy atom. The molecule has 134 valence electrons. The molecule has 0 aliphatic carbocycles. The van der Waals surface area contributed by atoms with E-state index >= 15 is 0 Å². The van der Waals surface area contributed by atoms with Gasteiger partial charge in [0.2, 0.25) is 5.69 Å². The van der Waals surface area contributed by atoms with Crippen LogP contribution in [0.1, 0.15) is 5.56 Å². The summed E-state index contributed by atoms with van der Waals surface area (Å²) >= 11 is 1.81. The van der Waals surface area contributed by atoms with Crippen molar-refractivity contribution in [2.75, 3.05) is 0 Å². The largest absolute Gasteiger partial charge is 0.289 e. The summed E-state index contributed by atoms with van der Waals surface area (Å²) in [6, 6.07) is 19.7. The van der Waals surface area contributed by atoms with Gasteiger partial charge in [-0.2, -0.15) is 4.57 Å². The van der Waals surface area contributed by atoms with Crippen LogP contribution in [0.15, 0.2) is 73.3 Å². The van der Waals surface area contributed by atoms with Crippen molar-refractivity contribution in [3.8, 4) is 11.3 Å². The van der Waals surface area contributed by atoms with Crippen molar-refractivity contribution in [2.24, 2.45) is 7.05 Å². The Balaban J connectivity index is 1.88. The Hall–Kier alpha value is -3.24. The first-order valence-corrected chi connectivity index (χ1v) is 10.2. The minimum Gasteiger partial charge on any atom is -0.289 e. The number of imidazole rings is 1. The van der Waals surface area contributed by atoms with Crippen LogP contribution in [0.5, 0.6) is 0 Å². The summed E-state index contributed by atoms with van der Waals surface area (Å²) in [6.07, 6.45) is 6.01. The molecule has 0 bridgehead atoms. The predicted molar refractivity (Wildman–Crippen MR) is 117 cm³/mol. The Labute approximate surface area is 166 Å². The van der Waals surface area contributed by atoms with Crippen LogP contribution >= 0.6 is 11.3 Å². The van der Waals surface area contributed by atoms with E-state index in [4.69, 9.17) is 0 Å². The van der Waals surface area contributed by atoms with Gasteiger partial charge in [0, 0.05) is 6.07 Å². The standard InChI is InChI=1S/C24H18N3S/c1-15-16-7-3-4-8-17(16)18-9-5-6-10-19(18)22(15)23-24-20(11-12-26(23)2)27-14-25-13-21(27)28-24/h3-14H,1-2H3/q+1. The van der Waals surface area contributed by atoms with E-state index in [0.29, 0.717) is 0 Å². The third-order valence-electron chi connectivity index (χ3n) is 5.76. The molecule has 3 aromatic carbocycles. The summed E-state index contributed by atoms with van der Waals surface area (Å²) < 4.78 is 5.74. The van der Waals surface area contributed by atoms with Crippen molar-refractivity contribution in [3.05, 3.63) is 78.9 Å². The molecule has 0 saturated carbocycles. The fraction of sp³-hybridized carbons (Fsp3) is 0.0833. The molecular formula is C24H18N3S+. The molecule has 0 aliphatic rings. The number of thiazole rings is 1. The highest BCUT2D eigenvalue weighted by atomic mass is 32.1. The molecule has 0 radical (unpaired) electrons. The van der Waals surface area contributed by atoms with Crippen molar-refractivity contribution in [1.82, 2.24) is 9.38 Å². The monoisotopic (exact) mass is 380 g/mol. The summed E-state index contributed by atoms with van der Waals surface area (Å²) in [7, 11) is 2.14. The summed E-state index contributed by atoms with van der Waals surface area (Å²) in [5, 5.41) is 5.24. The fourth-order valence-corrected chi connectivity index (χ4v) is 5.64. The molecule has 3 nitrogen and oxygen atoms in total. The van der Waals surface area contributed by atoms with Gasteiger partial charge >= 0.3 is 0 Å². The second kappa shape index (κ2) is 5.63. The van der Waals surface area contributed by atoms with Gasteiger partial charge in [0.1, 0.15) is 22.9 Å². The Bertz CT molecular complexity index is 1540. The van der Waals surface area contributed by atoms with E-state index in [-0.39, 0.29) is 0 Å². The van der Waals surface area contributed by atoms with E-state index in [1.165, 1.54) is 53.4 Å². The zero-order chi connectivity index (χ0) is 18.8. The number of rotatable bonds is 1. The molecule has 0 fully saturated rings. The maximum absolute atomic E-state index is 4.31. The highest BCUT2D eigenvalue weighted by molar-refractivity contribution is 7.24. The van der Waals surface area contributed by atoms with Crippen molar-refractivity contribution in [3.63, 3.8) is 0 Å². The third-order valence-corrected chi connectivity index (χ3v) is 6.87. The molecule has 4 heteroatoms. The van der Waals surface area contributed by atoms with Crippen molar-refractivity contribution < 1.29 is 4.57 Å². The lowest BCUT2D eigenvalue weighted by molar-refractivity contribution is -0.659. The summed E-state index contributed by atoms with van der Waals surface area (Å²) in [6.45, 7) is 2.25. The number of hydrogen-bond acceptors (Lipinski definition) is 2. The number of nitrogens with zero attached hydrogens (tertiary/aromatic N) is 3. The van der Waals surface area contributed by atoms with E-state index in [1.54, 1.807) is 11.3 Å². The minimum absolute atomic E-state index is 1.17. The molecule has 3 heterocycles. The first-order valence-electron chi connectivity index (χ1n) is 9.37. The SMILES string of the molecule is Cc1c(-c2c3sc4cncn4c3cc[n+]2C)c2ccccc2c2ccccc12. The fourth-order valence-electron chi connectivity index (χ4n) is 4.46. The number of benzene rings is 3. The Morgan fingerprint density at radius 3 is 2.36 bits per heavy atom. The molecule has 6 rings (SSSR count). The molecule has 0 unspecified atom stereocenters. The van der Waals surface area contributed by atoms with Crippen LogP contribution in [0.3, 0.4) is 0 Å². The van der Waals surface area contributed by atoms with Gasteiger partial charge in [-0.1, -0.05) is 48.5 Å². The smallest absolute Gasteiger partial charge is 0.232 e. The van der Waals surface area contributed by atoms with Crippen molar-refractivity contribution in [2.45, 2.75) is 6.92 Å². The second-order valence-corrected chi connectivity index (χ2v) is 8.32. The minimum atomic E-state index is 1.17. The van der Waals surface area contributed by atoms with Gasteiger partial charge in [-0.3, -0.25) is 4.40 Å². The molecule has 0 atom stereocenters. The second-order valence-electron chi connectivity index (χ2n) is 7.28. The van der Waals surface area contributed by atoms with Crippen molar-refractivity contribution >= 4 is 47.9 Å².